The fourth-order valence-corrected chi connectivity index (χ4v) is 16.2. The summed E-state index contributed by atoms with van der Waals surface area (Å²) in [5, 5.41) is 17.9. The van der Waals surface area contributed by atoms with Gasteiger partial charge >= 0.3 is 0 Å². The molecule has 8 amide bonds. The summed E-state index contributed by atoms with van der Waals surface area (Å²) >= 11 is 3.27. The molecule has 12 atom stereocenters. The average molecular weight is 1080 g/mol. The Balaban J connectivity index is 0.897. The Morgan fingerprint density at radius 3 is 1.29 bits per heavy atom. The molecule has 2 aromatic rings. The van der Waals surface area contributed by atoms with Crippen LogP contribution in [0.15, 0.2) is 48.5 Å². The van der Waals surface area contributed by atoms with Gasteiger partial charge < -0.3 is 51.5 Å². The van der Waals surface area contributed by atoms with Gasteiger partial charge in [0.25, 0.3) is 0 Å². The summed E-state index contributed by atoms with van der Waals surface area (Å²) in [5.74, 6) is -1.89. The smallest absolute Gasteiger partial charge is 0.246 e. The number of thioether (sulfide) groups is 2. The molecule has 412 valence electrons. The molecule has 6 N–H and O–H groups in total. The van der Waals surface area contributed by atoms with E-state index < -0.39 is 71.0 Å². The van der Waals surface area contributed by atoms with Crippen LogP contribution in [-0.4, -0.2) is 166 Å². The predicted octanol–water partition coefficient (Wildman–Crippen LogP) is 2.86. The van der Waals surface area contributed by atoms with Crippen LogP contribution in [0.5, 0.6) is 0 Å². The molecule has 0 bridgehead atoms. The maximum atomic E-state index is 15.0. The number of amides is 8. The van der Waals surface area contributed by atoms with Gasteiger partial charge in [0.15, 0.2) is 0 Å². The molecule has 0 aromatic heterocycles. The van der Waals surface area contributed by atoms with Crippen LogP contribution < -0.4 is 31.9 Å². The van der Waals surface area contributed by atoms with Gasteiger partial charge in [-0.1, -0.05) is 76.2 Å². The third-order valence-electron chi connectivity index (χ3n) is 17.5. The van der Waals surface area contributed by atoms with Crippen LogP contribution in [0.25, 0.3) is 0 Å². The van der Waals surface area contributed by atoms with Crippen molar-refractivity contribution in [2.75, 3.05) is 51.8 Å². The van der Waals surface area contributed by atoms with E-state index in [1.807, 2.05) is 86.0 Å². The summed E-state index contributed by atoms with van der Waals surface area (Å²) in [5.41, 5.74) is 2.64. The third kappa shape index (κ3) is 10.8. The van der Waals surface area contributed by atoms with Crippen LogP contribution in [0.3, 0.4) is 0 Å². The molecular weight excluding hydrogens is 1000 g/mol. The fraction of sp³-hybridized carbons (Fsp3) is 0.643. The number of hydrogen-bond donors (Lipinski definition) is 6. The number of likely N-dealkylation sites (N-methyl/N-ethyl adjacent to an activating group) is 2. The van der Waals surface area contributed by atoms with Gasteiger partial charge in [0.05, 0.1) is 46.8 Å². The summed E-state index contributed by atoms with van der Waals surface area (Å²) in [6.07, 6.45) is 4.39. The highest BCUT2D eigenvalue weighted by Crippen LogP contribution is 2.49. The van der Waals surface area contributed by atoms with Crippen molar-refractivity contribution in [3.05, 3.63) is 70.8 Å². The van der Waals surface area contributed by atoms with E-state index in [4.69, 9.17) is 0 Å². The van der Waals surface area contributed by atoms with Crippen LogP contribution in [0.2, 0.25) is 0 Å². The maximum Gasteiger partial charge on any atom is 0.246 e. The van der Waals surface area contributed by atoms with E-state index in [9.17, 15) is 38.4 Å². The van der Waals surface area contributed by atoms with E-state index in [-0.39, 0.29) is 84.2 Å². The molecule has 0 saturated carbocycles. The van der Waals surface area contributed by atoms with Crippen molar-refractivity contribution >= 4 is 70.8 Å². The van der Waals surface area contributed by atoms with E-state index >= 15 is 0 Å². The Morgan fingerprint density at radius 2 is 0.921 bits per heavy atom. The van der Waals surface area contributed by atoms with Gasteiger partial charge in [-0.05, 0) is 124 Å². The quantitative estimate of drug-likeness (QED) is 0.181. The first-order valence-electron chi connectivity index (χ1n) is 27.4. The highest BCUT2D eigenvalue weighted by molar-refractivity contribution is 8.00. The molecule has 5 aliphatic heterocycles. The molecule has 2 aliphatic carbocycles. The van der Waals surface area contributed by atoms with E-state index in [1.54, 1.807) is 61.3 Å². The maximum absolute atomic E-state index is 15.0. The Hall–Kier alpha value is -5.18. The van der Waals surface area contributed by atoms with Crippen molar-refractivity contribution in [2.24, 2.45) is 22.7 Å². The molecule has 2 aromatic carbocycles. The molecule has 20 heteroatoms. The van der Waals surface area contributed by atoms with Gasteiger partial charge in [0.2, 0.25) is 47.3 Å². The average Bonchev–Trinajstić information content (AvgIpc) is 3.73. The highest BCUT2D eigenvalue weighted by atomic mass is 32.2. The Morgan fingerprint density at radius 1 is 0.553 bits per heavy atom. The zero-order valence-electron chi connectivity index (χ0n) is 45.3. The first-order valence-corrected chi connectivity index (χ1v) is 29.5. The molecule has 76 heavy (non-hydrogen) atoms. The van der Waals surface area contributed by atoms with Crippen molar-refractivity contribution < 1.29 is 38.4 Å². The van der Waals surface area contributed by atoms with Crippen molar-refractivity contribution in [3.8, 4) is 0 Å². The second-order valence-corrected chi connectivity index (χ2v) is 25.9. The number of hydrogen-bond acceptors (Lipinski definition) is 12. The van der Waals surface area contributed by atoms with Crippen LogP contribution in [0.1, 0.15) is 114 Å². The standard InChI is InChI=1S/C56H78N10O8S2/c1-31(57-7)47(67)59-39-21-27-75-41-29-55(3,4)45(65(41)53(39)73)49(69)61-43-35-15-11-9-13-33(35)17-19-37(43)51(71)63-23-25-64(26-24-63)52(72)38-20-18-34-14-10-12-16-36(34)44(38)62-50(70)46-56(5,6)30-42-66(46)54(74)40(22-28-76-42)60-48(68)32(2)58-8/h9-16,31-32,37-46,57-58H,17-30H2,1-8H3,(H,59,67)(H,60,68)(H,61,69)(H,62,70)/t31-,32-,37+,38+,39-,40-,41?,42?,43+,44+,45+,46+/m0/s1. The first kappa shape index (κ1) is 55.6. The van der Waals surface area contributed by atoms with E-state index in [2.05, 4.69) is 31.9 Å². The zero-order valence-corrected chi connectivity index (χ0v) is 47.0. The van der Waals surface area contributed by atoms with E-state index in [1.165, 1.54) is 0 Å². The largest absolute Gasteiger partial charge is 0.347 e. The minimum atomic E-state index is -0.840. The minimum absolute atomic E-state index is 0.105. The van der Waals surface area contributed by atoms with Gasteiger partial charge in [0, 0.05) is 26.2 Å². The number of nitrogens with one attached hydrogen (secondary N) is 6. The molecule has 5 fully saturated rings. The third-order valence-corrected chi connectivity index (χ3v) is 20.0. The summed E-state index contributed by atoms with van der Waals surface area (Å²) in [6, 6.07) is 10.2. The lowest BCUT2D eigenvalue weighted by Crippen LogP contribution is -2.59. The second kappa shape index (κ2) is 22.7. The van der Waals surface area contributed by atoms with Crippen LogP contribution in [0.4, 0.5) is 0 Å². The van der Waals surface area contributed by atoms with Gasteiger partial charge in [-0.3, -0.25) is 38.4 Å². The number of rotatable bonds is 12. The van der Waals surface area contributed by atoms with Gasteiger partial charge in [-0.25, -0.2) is 0 Å². The number of piperazine rings is 1. The number of nitrogens with zero attached hydrogens (tertiary/aromatic N) is 4. The zero-order chi connectivity index (χ0) is 54.4. The van der Waals surface area contributed by atoms with Crippen molar-refractivity contribution in [2.45, 2.75) is 152 Å². The van der Waals surface area contributed by atoms with Gasteiger partial charge in [-0.2, -0.15) is 0 Å². The number of benzene rings is 2. The fourth-order valence-electron chi connectivity index (χ4n) is 13.0. The molecule has 5 saturated heterocycles. The number of fused-ring (bicyclic) bond motifs is 4. The summed E-state index contributed by atoms with van der Waals surface area (Å²) < 4.78 is 0. The summed E-state index contributed by atoms with van der Waals surface area (Å²) in [7, 11) is 3.38. The lowest BCUT2D eigenvalue weighted by atomic mass is 9.77. The van der Waals surface area contributed by atoms with Crippen molar-refractivity contribution in [1.82, 2.24) is 51.5 Å². The Kier molecular flexibility index (Phi) is 16.6. The number of carbonyl (C=O) groups excluding carboxylic acids is 8. The number of carbonyl (C=O) groups is 8. The van der Waals surface area contributed by atoms with Gasteiger partial charge in [0.1, 0.15) is 24.2 Å². The Bertz CT molecular complexity index is 2420. The Labute approximate surface area is 455 Å². The second-order valence-electron chi connectivity index (χ2n) is 23.4. The molecule has 7 aliphatic rings. The van der Waals surface area contributed by atoms with Crippen molar-refractivity contribution in [3.63, 3.8) is 0 Å². The molecule has 9 rings (SSSR count). The molecule has 2 unspecified atom stereocenters. The van der Waals surface area contributed by atoms with Gasteiger partial charge in [-0.15, -0.1) is 23.5 Å². The molecule has 18 nitrogen and oxygen atoms in total. The van der Waals surface area contributed by atoms with Crippen LogP contribution >= 0.6 is 23.5 Å². The lowest BCUT2D eigenvalue weighted by molar-refractivity contribution is -0.148. The summed E-state index contributed by atoms with van der Waals surface area (Å²) in [4.78, 5) is 122. The van der Waals surface area contributed by atoms with Crippen LogP contribution in [0, 0.1) is 22.7 Å². The normalized spacial score (nSPS) is 30.5. The van der Waals surface area contributed by atoms with Crippen LogP contribution in [-0.2, 0) is 51.2 Å². The number of aryl methyl sites for hydroxylation is 2. The van der Waals surface area contributed by atoms with E-state index in [0.29, 0.717) is 62.9 Å². The molecular formula is C56H78N10O8S2. The minimum Gasteiger partial charge on any atom is -0.347 e. The van der Waals surface area contributed by atoms with E-state index in [0.717, 1.165) is 22.3 Å². The molecule has 0 radical (unpaired) electrons. The first-order chi connectivity index (χ1) is 36.2. The molecule has 5 heterocycles. The predicted molar refractivity (Wildman–Crippen MR) is 292 cm³/mol. The van der Waals surface area contributed by atoms with Crippen molar-refractivity contribution in [1.29, 1.82) is 0 Å². The SMILES string of the molecule is CN[C@@H](C)C(=O)N[C@H]1CCSC2CC(C)(C)[C@@H](C(=O)N[C@@H]3c4ccccc4CC[C@H]3C(=O)N3CCN(C(=O)[C@@H]4CCc5ccccc5[C@H]4NC(=O)[C@H]4N5C(=O)[C@@H](NC(=O)[C@H](C)NC)CCSC5CC4(C)C)CC3)N2C1=O. The highest BCUT2D eigenvalue weighted by Gasteiger charge is 2.57. The topological polar surface area (TPSA) is 222 Å². The summed E-state index contributed by atoms with van der Waals surface area (Å²) in [6.45, 7) is 12.6. The molecule has 0 spiro atoms. The lowest BCUT2D eigenvalue weighted by Gasteiger charge is -2.43. The monoisotopic (exact) mass is 1080 g/mol.